The second-order valence-electron chi connectivity index (χ2n) is 8.97. The molecule has 1 aliphatic rings. The summed E-state index contributed by atoms with van der Waals surface area (Å²) in [4.78, 5) is 16.5. The first-order valence-corrected chi connectivity index (χ1v) is 14.0. The van der Waals surface area contributed by atoms with E-state index in [9.17, 15) is 0 Å². The van der Waals surface area contributed by atoms with E-state index in [2.05, 4.69) is 46.6 Å². The Balaban J connectivity index is 0.00000186. The molecule has 0 bridgehead atoms. The predicted molar refractivity (Wildman–Crippen MR) is 156 cm³/mol. The van der Waals surface area contributed by atoms with Crippen LogP contribution < -0.4 is 9.64 Å². The summed E-state index contributed by atoms with van der Waals surface area (Å²) in [6, 6.07) is 13.5. The fourth-order valence-corrected chi connectivity index (χ4v) is 4.78. The molecule has 3 aromatic rings. The van der Waals surface area contributed by atoms with Gasteiger partial charge in [-0.25, -0.2) is 9.97 Å². The van der Waals surface area contributed by atoms with Crippen molar-refractivity contribution in [2.75, 3.05) is 51.2 Å². The molecule has 0 aliphatic carbocycles. The van der Waals surface area contributed by atoms with Crippen molar-refractivity contribution in [3.63, 3.8) is 0 Å². The van der Waals surface area contributed by atoms with Crippen LogP contribution in [0.1, 0.15) is 39.7 Å². The highest BCUT2D eigenvalue weighted by atomic mass is 35.5. The maximum absolute atomic E-state index is 6.28. The van der Waals surface area contributed by atoms with Crippen LogP contribution in [0, 0.1) is 0 Å². The number of benzene rings is 1. The monoisotopic (exact) mass is 543 g/mol. The minimum atomic E-state index is 0.523. The number of hydrogen-bond donors (Lipinski definition) is 0. The summed E-state index contributed by atoms with van der Waals surface area (Å²) in [7, 11) is 2.15. The zero-order valence-corrected chi connectivity index (χ0v) is 24.2. The highest BCUT2D eigenvalue weighted by Crippen LogP contribution is 2.30. The van der Waals surface area contributed by atoms with Crippen LogP contribution in [0.4, 0.5) is 5.82 Å². The number of likely N-dealkylation sites (N-methyl/N-ethyl adjacent to an activating group) is 1. The van der Waals surface area contributed by atoms with E-state index in [4.69, 9.17) is 32.9 Å². The van der Waals surface area contributed by atoms with Crippen molar-refractivity contribution in [3.8, 4) is 22.9 Å². The molecule has 1 aliphatic heterocycles. The topological polar surface area (TPSA) is 44.7 Å². The van der Waals surface area contributed by atoms with E-state index in [1.807, 2.05) is 44.2 Å². The van der Waals surface area contributed by atoms with Gasteiger partial charge in [0.15, 0.2) is 0 Å². The van der Waals surface area contributed by atoms with Crippen LogP contribution in [0.15, 0.2) is 48.7 Å². The van der Waals surface area contributed by atoms with Gasteiger partial charge in [0.2, 0.25) is 5.88 Å². The molecule has 4 rings (SSSR count). The average Bonchev–Trinajstić information content (AvgIpc) is 2.90. The normalized spacial score (nSPS) is 13.9. The third-order valence-corrected chi connectivity index (χ3v) is 6.62. The zero-order valence-electron chi connectivity index (χ0n) is 22.7. The molecule has 0 radical (unpaired) electrons. The van der Waals surface area contributed by atoms with Crippen molar-refractivity contribution >= 4 is 29.0 Å². The van der Waals surface area contributed by atoms with Gasteiger partial charge in [-0.1, -0.05) is 50.9 Å². The molecule has 200 valence electrons. The molecule has 1 fully saturated rings. The molecule has 37 heavy (non-hydrogen) atoms. The summed E-state index contributed by atoms with van der Waals surface area (Å²) < 4.78 is 6.19. The van der Waals surface area contributed by atoms with Gasteiger partial charge in [-0.15, -0.1) is 0 Å². The lowest BCUT2D eigenvalue weighted by atomic mass is 10.1. The Morgan fingerprint density at radius 2 is 1.65 bits per heavy atom. The number of halogens is 2. The third kappa shape index (κ3) is 8.57. The van der Waals surface area contributed by atoms with Crippen molar-refractivity contribution < 1.29 is 4.74 Å². The molecule has 0 amide bonds. The van der Waals surface area contributed by atoms with Gasteiger partial charge in [-0.05, 0) is 68.5 Å². The first-order valence-electron chi connectivity index (χ1n) is 13.2. The van der Waals surface area contributed by atoms with Crippen molar-refractivity contribution in [3.05, 3.63) is 64.3 Å². The summed E-state index contributed by atoms with van der Waals surface area (Å²) in [6.07, 6.45) is 2.87. The molecule has 3 heterocycles. The summed E-state index contributed by atoms with van der Waals surface area (Å²) in [5.41, 5.74) is 2.76. The molecule has 6 nitrogen and oxygen atoms in total. The number of pyridine rings is 2. The molecule has 8 heteroatoms. The Morgan fingerprint density at radius 3 is 2.24 bits per heavy atom. The van der Waals surface area contributed by atoms with Crippen LogP contribution in [0.5, 0.6) is 11.6 Å². The lowest BCUT2D eigenvalue weighted by molar-refractivity contribution is 0.280. The smallest absolute Gasteiger partial charge is 0.220 e. The minimum absolute atomic E-state index is 0.523. The van der Waals surface area contributed by atoms with Gasteiger partial charge in [0, 0.05) is 54.4 Å². The summed E-state index contributed by atoms with van der Waals surface area (Å²) in [5.74, 6) is 2.15. The molecule has 0 saturated carbocycles. The second-order valence-corrected chi connectivity index (χ2v) is 9.84. The largest absolute Gasteiger partial charge is 0.437 e. The van der Waals surface area contributed by atoms with Crippen LogP contribution in [-0.4, -0.2) is 66.1 Å². The highest BCUT2D eigenvalue weighted by Gasteiger charge is 2.16. The highest BCUT2D eigenvalue weighted by molar-refractivity contribution is 6.35. The standard InChI is InChI=1S/C27H33Cl2N5O.C2H6/c1-4-8-33(5-2)19-20-13-25(21-15-22(28)17-23(29)16-21)31-27(14-20)35-24-6-7-26(30-18-24)34-11-9-32(3)10-12-34;1-2/h6-7,13-18H,4-5,8-12,19H2,1-3H3;1-2H3. The fraction of sp³-hybridized carbons (Fsp3) is 0.448. The Kier molecular flexibility index (Phi) is 11.5. The van der Waals surface area contributed by atoms with Gasteiger partial charge in [0.1, 0.15) is 11.6 Å². The Hall–Kier alpha value is -2.38. The van der Waals surface area contributed by atoms with E-state index in [0.29, 0.717) is 21.7 Å². The third-order valence-electron chi connectivity index (χ3n) is 6.18. The Bertz CT molecular complexity index is 1100. The van der Waals surface area contributed by atoms with E-state index in [1.54, 1.807) is 12.3 Å². The quantitative estimate of drug-likeness (QED) is 0.283. The number of anilines is 1. The Morgan fingerprint density at radius 1 is 0.946 bits per heavy atom. The van der Waals surface area contributed by atoms with Crippen LogP contribution in [0.25, 0.3) is 11.3 Å². The maximum Gasteiger partial charge on any atom is 0.220 e. The SMILES string of the molecule is CC.CCCN(CC)Cc1cc(Oc2ccc(N3CCN(C)CC3)nc2)nc(-c2cc(Cl)cc(Cl)c2)c1. The molecule has 0 spiro atoms. The van der Waals surface area contributed by atoms with Crippen molar-refractivity contribution in [1.82, 2.24) is 19.8 Å². The second kappa shape index (κ2) is 14.5. The van der Waals surface area contributed by atoms with Crippen molar-refractivity contribution in [1.29, 1.82) is 0 Å². The number of rotatable bonds is 9. The molecular weight excluding hydrogens is 505 g/mol. The molecule has 0 unspecified atom stereocenters. The summed E-state index contributed by atoms with van der Waals surface area (Å²) in [6.45, 7) is 15.2. The van der Waals surface area contributed by atoms with Gasteiger partial charge in [0.05, 0.1) is 11.9 Å². The van der Waals surface area contributed by atoms with Crippen LogP contribution in [0.3, 0.4) is 0 Å². The lowest BCUT2D eigenvalue weighted by Gasteiger charge is -2.33. The number of ether oxygens (including phenoxy) is 1. The van der Waals surface area contributed by atoms with E-state index >= 15 is 0 Å². The maximum atomic E-state index is 6.28. The Labute approximate surface area is 232 Å². The van der Waals surface area contributed by atoms with E-state index in [0.717, 1.165) is 74.9 Å². The van der Waals surface area contributed by atoms with Gasteiger partial charge in [-0.2, -0.15) is 0 Å². The molecule has 1 aromatic carbocycles. The van der Waals surface area contributed by atoms with E-state index in [1.165, 1.54) is 0 Å². The van der Waals surface area contributed by atoms with E-state index < -0.39 is 0 Å². The van der Waals surface area contributed by atoms with Crippen LogP contribution >= 0.6 is 23.2 Å². The fourth-order valence-electron chi connectivity index (χ4n) is 4.25. The van der Waals surface area contributed by atoms with Crippen molar-refractivity contribution in [2.24, 2.45) is 0 Å². The molecule has 0 atom stereocenters. The molecular formula is C29H39Cl2N5O. The van der Waals surface area contributed by atoms with Gasteiger partial charge < -0.3 is 14.5 Å². The van der Waals surface area contributed by atoms with Gasteiger partial charge in [0.25, 0.3) is 0 Å². The summed E-state index contributed by atoms with van der Waals surface area (Å²) in [5, 5.41) is 1.15. The molecule has 2 aromatic heterocycles. The van der Waals surface area contributed by atoms with Gasteiger partial charge >= 0.3 is 0 Å². The van der Waals surface area contributed by atoms with Crippen LogP contribution in [-0.2, 0) is 6.54 Å². The average molecular weight is 545 g/mol. The minimum Gasteiger partial charge on any atom is -0.437 e. The number of aromatic nitrogens is 2. The lowest BCUT2D eigenvalue weighted by Crippen LogP contribution is -2.44. The number of nitrogens with zero attached hydrogens (tertiary/aromatic N) is 5. The summed E-state index contributed by atoms with van der Waals surface area (Å²) >= 11 is 12.6. The number of piperazine rings is 1. The number of hydrogen-bond acceptors (Lipinski definition) is 6. The van der Waals surface area contributed by atoms with Gasteiger partial charge in [-0.3, -0.25) is 4.90 Å². The van der Waals surface area contributed by atoms with Crippen molar-refractivity contribution in [2.45, 2.75) is 40.7 Å². The predicted octanol–water partition coefficient (Wildman–Crippen LogP) is 7.25. The zero-order chi connectivity index (χ0) is 26.8. The van der Waals surface area contributed by atoms with E-state index in [-0.39, 0.29) is 0 Å². The van der Waals surface area contributed by atoms with Crippen LogP contribution in [0.2, 0.25) is 10.0 Å². The molecule has 0 N–H and O–H groups in total. The molecule has 1 saturated heterocycles. The first-order chi connectivity index (χ1) is 17.9. The first kappa shape index (κ1) is 29.2.